The van der Waals surface area contributed by atoms with Gasteiger partial charge in [-0.1, -0.05) is 30.3 Å². The molecular formula is C8H10O2S. The Kier molecular flexibility index (Phi) is 4.57. The number of hydrogen-bond donors (Lipinski definition) is 1. The van der Waals surface area contributed by atoms with Crippen molar-refractivity contribution >= 4 is 19.3 Å². The van der Waals surface area contributed by atoms with E-state index in [0.29, 0.717) is 5.56 Å². The van der Waals surface area contributed by atoms with Gasteiger partial charge in [0.15, 0.2) is 5.78 Å². The molecule has 2 nitrogen and oxygen atoms in total. The highest BCUT2D eigenvalue weighted by Gasteiger charge is 1.99. The molecule has 11 heavy (non-hydrogen) atoms. The summed E-state index contributed by atoms with van der Waals surface area (Å²) in [5.41, 5.74) is 0.560. The van der Waals surface area contributed by atoms with Crippen LogP contribution in [0, 0.1) is 0 Å². The first-order valence-corrected chi connectivity index (χ1v) is 3.03. The van der Waals surface area contributed by atoms with Crippen molar-refractivity contribution in [1.29, 1.82) is 0 Å². The van der Waals surface area contributed by atoms with Crippen molar-refractivity contribution in [2.24, 2.45) is 0 Å². The molecule has 0 atom stereocenters. The van der Waals surface area contributed by atoms with Gasteiger partial charge in [-0.25, -0.2) is 0 Å². The maximum atomic E-state index is 10.8. The van der Waals surface area contributed by atoms with Gasteiger partial charge in [0.2, 0.25) is 0 Å². The Morgan fingerprint density at radius 2 is 1.82 bits per heavy atom. The van der Waals surface area contributed by atoms with Crippen LogP contribution in [0.1, 0.15) is 10.4 Å². The molecule has 0 bridgehead atoms. The molecule has 0 aliphatic heterocycles. The first-order valence-electron chi connectivity index (χ1n) is 3.03. The fourth-order valence-corrected chi connectivity index (χ4v) is 0.715. The number of ketones is 1. The van der Waals surface area contributed by atoms with Gasteiger partial charge < -0.3 is 5.11 Å². The van der Waals surface area contributed by atoms with Gasteiger partial charge in [0.25, 0.3) is 0 Å². The predicted octanol–water partition coefficient (Wildman–Crippen LogP) is 0.974. The maximum absolute atomic E-state index is 10.8. The minimum Gasteiger partial charge on any atom is -0.388 e. The van der Waals surface area contributed by atoms with Crippen molar-refractivity contribution in [2.45, 2.75) is 0 Å². The van der Waals surface area contributed by atoms with Crippen molar-refractivity contribution < 1.29 is 9.90 Å². The third-order valence-corrected chi connectivity index (χ3v) is 1.24. The lowest BCUT2D eigenvalue weighted by Gasteiger charge is -1.93. The number of benzene rings is 1. The Balaban J connectivity index is 0.000001000. The zero-order chi connectivity index (χ0) is 7.40. The molecule has 0 aliphatic carbocycles. The Morgan fingerprint density at radius 1 is 1.27 bits per heavy atom. The lowest BCUT2D eigenvalue weighted by Crippen LogP contribution is -2.02. The molecule has 0 aromatic heterocycles. The Morgan fingerprint density at radius 3 is 2.27 bits per heavy atom. The number of carbonyl (C=O) groups is 1. The van der Waals surface area contributed by atoms with E-state index in [-0.39, 0.29) is 19.3 Å². The number of carbonyl (C=O) groups excluding carboxylic acids is 1. The van der Waals surface area contributed by atoms with Crippen molar-refractivity contribution in [3.63, 3.8) is 0 Å². The fourth-order valence-electron chi connectivity index (χ4n) is 0.715. The topological polar surface area (TPSA) is 37.3 Å². The van der Waals surface area contributed by atoms with Gasteiger partial charge in [-0.2, -0.15) is 13.5 Å². The van der Waals surface area contributed by atoms with E-state index in [1.165, 1.54) is 0 Å². The van der Waals surface area contributed by atoms with Crippen LogP contribution in [0.15, 0.2) is 30.3 Å². The van der Waals surface area contributed by atoms with E-state index >= 15 is 0 Å². The van der Waals surface area contributed by atoms with Crippen LogP contribution in [-0.4, -0.2) is 17.5 Å². The standard InChI is InChI=1S/C8H8O2.H2S/c9-6-8(10)7-4-2-1-3-5-7;/h1-5,9H,6H2;1H2. The first kappa shape index (κ1) is 10.2. The third kappa shape index (κ3) is 2.74. The normalized spacial score (nSPS) is 8.45. The number of hydrogen-bond acceptors (Lipinski definition) is 2. The van der Waals surface area contributed by atoms with E-state index in [1.54, 1.807) is 24.3 Å². The summed E-state index contributed by atoms with van der Waals surface area (Å²) < 4.78 is 0. The van der Waals surface area contributed by atoms with E-state index < -0.39 is 6.61 Å². The van der Waals surface area contributed by atoms with E-state index in [2.05, 4.69) is 0 Å². The first-order chi connectivity index (χ1) is 4.84. The van der Waals surface area contributed by atoms with Gasteiger partial charge in [-0.15, -0.1) is 0 Å². The molecule has 1 rings (SSSR count). The van der Waals surface area contributed by atoms with Gasteiger partial charge >= 0.3 is 0 Å². The molecule has 0 radical (unpaired) electrons. The molecule has 0 heterocycles. The summed E-state index contributed by atoms with van der Waals surface area (Å²) >= 11 is 0. The van der Waals surface area contributed by atoms with Crippen LogP contribution in [-0.2, 0) is 0 Å². The van der Waals surface area contributed by atoms with E-state index in [1.807, 2.05) is 6.07 Å². The highest BCUT2D eigenvalue weighted by Crippen LogP contribution is 1.97. The maximum Gasteiger partial charge on any atom is 0.188 e. The number of aliphatic hydroxyl groups is 1. The van der Waals surface area contributed by atoms with Gasteiger partial charge in [-0.05, 0) is 0 Å². The van der Waals surface area contributed by atoms with Crippen molar-refractivity contribution in [3.8, 4) is 0 Å². The van der Waals surface area contributed by atoms with Crippen LogP contribution in [0.2, 0.25) is 0 Å². The smallest absolute Gasteiger partial charge is 0.188 e. The Bertz CT molecular complexity index is 221. The summed E-state index contributed by atoms with van der Waals surface area (Å²) in [7, 11) is 0. The number of aliphatic hydroxyl groups excluding tert-OH is 1. The Labute approximate surface area is 72.3 Å². The molecule has 1 aromatic carbocycles. The molecule has 0 spiro atoms. The van der Waals surface area contributed by atoms with Crippen LogP contribution in [0.4, 0.5) is 0 Å². The van der Waals surface area contributed by atoms with Crippen LogP contribution in [0.25, 0.3) is 0 Å². The van der Waals surface area contributed by atoms with E-state index in [4.69, 9.17) is 5.11 Å². The van der Waals surface area contributed by atoms with Crippen molar-refractivity contribution in [1.82, 2.24) is 0 Å². The minimum absolute atomic E-state index is 0. The van der Waals surface area contributed by atoms with Gasteiger partial charge in [0, 0.05) is 5.56 Å². The molecule has 0 aliphatic rings. The summed E-state index contributed by atoms with van der Waals surface area (Å²) in [4.78, 5) is 10.8. The molecule has 3 heteroatoms. The summed E-state index contributed by atoms with van der Waals surface area (Å²) in [5.74, 6) is -0.236. The van der Waals surface area contributed by atoms with Crippen LogP contribution in [0.3, 0.4) is 0 Å². The largest absolute Gasteiger partial charge is 0.388 e. The summed E-state index contributed by atoms with van der Waals surface area (Å²) in [6, 6.07) is 8.72. The van der Waals surface area contributed by atoms with E-state index in [9.17, 15) is 4.79 Å². The number of rotatable bonds is 2. The zero-order valence-electron chi connectivity index (χ0n) is 5.95. The zero-order valence-corrected chi connectivity index (χ0v) is 6.95. The SMILES string of the molecule is O=C(CO)c1ccccc1.S. The summed E-state index contributed by atoms with van der Waals surface area (Å²) in [6.45, 7) is -0.413. The molecule has 1 N–H and O–H groups in total. The Hall–Kier alpha value is -0.800. The second-order valence-corrected chi connectivity index (χ2v) is 1.95. The van der Waals surface area contributed by atoms with Crippen LogP contribution < -0.4 is 0 Å². The van der Waals surface area contributed by atoms with Gasteiger partial charge in [0.1, 0.15) is 6.61 Å². The summed E-state index contributed by atoms with van der Waals surface area (Å²) in [5, 5.41) is 8.44. The molecule has 0 unspecified atom stereocenters. The van der Waals surface area contributed by atoms with Crippen molar-refractivity contribution in [2.75, 3.05) is 6.61 Å². The lowest BCUT2D eigenvalue weighted by atomic mass is 10.1. The minimum atomic E-state index is -0.413. The van der Waals surface area contributed by atoms with Gasteiger partial charge in [0.05, 0.1) is 0 Å². The lowest BCUT2D eigenvalue weighted by molar-refractivity contribution is 0.0904. The highest BCUT2D eigenvalue weighted by molar-refractivity contribution is 7.59. The second-order valence-electron chi connectivity index (χ2n) is 1.95. The molecule has 60 valence electrons. The monoisotopic (exact) mass is 170 g/mol. The van der Waals surface area contributed by atoms with Crippen molar-refractivity contribution in [3.05, 3.63) is 35.9 Å². The predicted molar refractivity (Wildman–Crippen MR) is 48.2 cm³/mol. The molecule has 0 saturated heterocycles. The average Bonchev–Trinajstić information content (AvgIpc) is 2.05. The molecule has 1 aromatic rings. The van der Waals surface area contributed by atoms with Crippen LogP contribution >= 0.6 is 13.5 Å². The quantitative estimate of drug-likeness (QED) is 0.672. The third-order valence-electron chi connectivity index (χ3n) is 1.24. The fraction of sp³-hybridized carbons (Fsp3) is 0.125. The molecule has 0 fully saturated rings. The number of Topliss-reactive ketones (excluding diaryl/α,β-unsaturated/α-hetero) is 1. The highest BCUT2D eigenvalue weighted by atomic mass is 32.1. The van der Waals surface area contributed by atoms with Crippen LogP contribution in [0.5, 0.6) is 0 Å². The van der Waals surface area contributed by atoms with Gasteiger partial charge in [-0.3, -0.25) is 4.79 Å². The van der Waals surface area contributed by atoms with E-state index in [0.717, 1.165) is 0 Å². The molecule has 0 saturated carbocycles. The molecular weight excluding hydrogens is 160 g/mol. The summed E-state index contributed by atoms with van der Waals surface area (Å²) in [6.07, 6.45) is 0. The average molecular weight is 170 g/mol. The second kappa shape index (κ2) is 4.93. The molecule has 0 amide bonds.